The molecule has 19 heavy (non-hydrogen) atoms. The zero-order chi connectivity index (χ0) is 13.8. The van der Waals surface area contributed by atoms with Crippen molar-refractivity contribution in [1.29, 1.82) is 0 Å². The standard InChI is InChI=1S/C11H12Br2N4OS/c1-19-3-2-8(14)11-16-10(17-18-11)9-7(13)4-6(12)5-15-9/h4-5,8H,2-3,14H2,1H3/t8-/m1/s1. The van der Waals surface area contributed by atoms with E-state index in [-0.39, 0.29) is 6.04 Å². The third-order valence-corrected chi connectivity index (χ3v) is 4.09. The fourth-order valence-corrected chi connectivity index (χ4v) is 3.08. The number of nitrogens with two attached hydrogens (primary N) is 1. The van der Waals surface area contributed by atoms with Crippen LogP contribution in [0.15, 0.2) is 25.7 Å². The van der Waals surface area contributed by atoms with E-state index in [1.165, 1.54) is 0 Å². The Kier molecular flexibility index (Phi) is 5.37. The molecule has 0 bridgehead atoms. The second kappa shape index (κ2) is 6.83. The van der Waals surface area contributed by atoms with Crippen molar-refractivity contribution in [3.63, 3.8) is 0 Å². The number of halogens is 2. The van der Waals surface area contributed by atoms with E-state index in [2.05, 4.69) is 47.0 Å². The van der Waals surface area contributed by atoms with Gasteiger partial charge in [-0.25, -0.2) is 0 Å². The van der Waals surface area contributed by atoms with E-state index in [1.54, 1.807) is 18.0 Å². The second-order valence-electron chi connectivity index (χ2n) is 3.83. The molecule has 2 aromatic rings. The van der Waals surface area contributed by atoms with E-state index in [9.17, 15) is 0 Å². The zero-order valence-corrected chi connectivity index (χ0v) is 14.1. The van der Waals surface area contributed by atoms with Gasteiger partial charge in [0.25, 0.3) is 0 Å². The van der Waals surface area contributed by atoms with Crippen LogP contribution in [0.4, 0.5) is 0 Å². The van der Waals surface area contributed by atoms with Gasteiger partial charge in [0, 0.05) is 15.1 Å². The molecule has 0 saturated carbocycles. The van der Waals surface area contributed by atoms with E-state index < -0.39 is 0 Å². The molecule has 0 aromatic carbocycles. The molecule has 2 aromatic heterocycles. The van der Waals surface area contributed by atoms with Crippen molar-refractivity contribution in [2.75, 3.05) is 12.0 Å². The lowest BCUT2D eigenvalue weighted by Gasteiger charge is -2.03. The van der Waals surface area contributed by atoms with E-state index in [1.807, 2.05) is 12.3 Å². The lowest BCUT2D eigenvalue weighted by atomic mass is 10.2. The van der Waals surface area contributed by atoms with Gasteiger partial charge >= 0.3 is 0 Å². The summed E-state index contributed by atoms with van der Waals surface area (Å²) in [6.07, 6.45) is 4.52. The highest BCUT2D eigenvalue weighted by atomic mass is 79.9. The number of thioether (sulfide) groups is 1. The summed E-state index contributed by atoms with van der Waals surface area (Å²) in [5, 5.41) is 3.93. The average Bonchev–Trinajstić information content (AvgIpc) is 2.85. The van der Waals surface area contributed by atoms with Crippen molar-refractivity contribution in [2.24, 2.45) is 5.73 Å². The van der Waals surface area contributed by atoms with Crippen molar-refractivity contribution >= 4 is 43.6 Å². The molecule has 0 unspecified atom stereocenters. The van der Waals surface area contributed by atoms with Crippen LogP contribution in [0.2, 0.25) is 0 Å². The molecule has 0 amide bonds. The Morgan fingerprint density at radius 2 is 2.26 bits per heavy atom. The van der Waals surface area contributed by atoms with Crippen LogP contribution in [0.5, 0.6) is 0 Å². The van der Waals surface area contributed by atoms with E-state index >= 15 is 0 Å². The molecular weight excluding hydrogens is 396 g/mol. The Hall–Kier alpha value is -0.440. The maximum Gasteiger partial charge on any atom is 0.243 e. The Bertz CT molecular complexity index is 563. The molecule has 0 aliphatic carbocycles. The fourth-order valence-electron chi connectivity index (χ4n) is 1.43. The van der Waals surface area contributed by atoms with Gasteiger partial charge in [-0.3, -0.25) is 4.98 Å². The lowest BCUT2D eigenvalue weighted by Crippen LogP contribution is -2.11. The SMILES string of the molecule is CSCC[C@@H](N)c1nc(-c2ncc(Br)cc2Br)no1. The number of aromatic nitrogens is 3. The van der Waals surface area contributed by atoms with Crippen molar-refractivity contribution in [3.8, 4) is 11.5 Å². The first kappa shape index (κ1) is 15.0. The summed E-state index contributed by atoms with van der Waals surface area (Å²) in [4.78, 5) is 8.56. The van der Waals surface area contributed by atoms with Crippen molar-refractivity contribution < 1.29 is 4.52 Å². The predicted octanol–water partition coefficient (Wildman–Crippen LogP) is 3.41. The molecule has 102 valence electrons. The number of rotatable bonds is 5. The van der Waals surface area contributed by atoms with Crippen molar-refractivity contribution in [2.45, 2.75) is 12.5 Å². The topological polar surface area (TPSA) is 77.8 Å². The van der Waals surface area contributed by atoms with Crippen molar-refractivity contribution in [3.05, 3.63) is 27.1 Å². The van der Waals surface area contributed by atoms with Gasteiger partial charge in [0.05, 0.1) is 6.04 Å². The third-order valence-electron chi connectivity index (χ3n) is 2.41. The van der Waals surface area contributed by atoms with Crippen LogP contribution >= 0.6 is 43.6 Å². The van der Waals surface area contributed by atoms with Crippen LogP contribution in [0, 0.1) is 0 Å². The molecule has 0 saturated heterocycles. The molecule has 0 fully saturated rings. The first-order valence-electron chi connectivity index (χ1n) is 5.51. The Morgan fingerprint density at radius 1 is 1.47 bits per heavy atom. The predicted molar refractivity (Wildman–Crippen MR) is 82.9 cm³/mol. The van der Waals surface area contributed by atoms with E-state index in [4.69, 9.17) is 10.3 Å². The molecule has 2 rings (SSSR count). The summed E-state index contributed by atoms with van der Waals surface area (Å²) < 4.78 is 6.87. The molecule has 5 nitrogen and oxygen atoms in total. The minimum atomic E-state index is -0.233. The second-order valence-corrected chi connectivity index (χ2v) is 6.58. The highest BCUT2D eigenvalue weighted by molar-refractivity contribution is 9.11. The summed E-state index contributed by atoms with van der Waals surface area (Å²) >= 11 is 8.51. The number of nitrogens with zero attached hydrogens (tertiary/aromatic N) is 3. The van der Waals surface area contributed by atoms with Gasteiger partial charge in [-0.1, -0.05) is 5.16 Å². The van der Waals surface area contributed by atoms with Crippen LogP contribution in [-0.2, 0) is 0 Å². The molecular formula is C11H12Br2N4OS. The molecule has 0 aliphatic rings. The Labute approximate surface area is 132 Å². The van der Waals surface area contributed by atoms with Gasteiger partial charge in [0.15, 0.2) is 0 Å². The first-order valence-corrected chi connectivity index (χ1v) is 8.49. The molecule has 8 heteroatoms. The zero-order valence-electron chi connectivity index (χ0n) is 10.1. The van der Waals surface area contributed by atoms with Crippen molar-refractivity contribution in [1.82, 2.24) is 15.1 Å². The summed E-state index contributed by atoms with van der Waals surface area (Å²) in [6.45, 7) is 0. The number of hydrogen-bond acceptors (Lipinski definition) is 6. The minimum absolute atomic E-state index is 0.233. The van der Waals surface area contributed by atoms with Crippen LogP contribution in [0.25, 0.3) is 11.5 Å². The van der Waals surface area contributed by atoms with Gasteiger partial charge < -0.3 is 10.3 Å². The third kappa shape index (κ3) is 3.77. The Balaban J connectivity index is 2.20. The smallest absolute Gasteiger partial charge is 0.243 e. The average molecular weight is 408 g/mol. The van der Waals surface area contributed by atoms with Crippen LogP contribution < -0.4 is 5.73 Å². The van der Waals surface area contributed by atoms with E-state index in [0.29, 0.717) is 17.4 Å². The van der Waals surface area contributed by atoms with E-state index in [0.717, 1.165) is 21.1 Å². The van der Waals surface area contributed by atoms with Gasteiger partial charge in [-0.2, -0.15) is 16.7 Å². The van der Waals surface area contributed by atoms with Gasteiger partial charge in [0.1, 0.15) is 5.69 Å². The van der Waals surface area contributed by atoms with Crippen LogP contribution in [0.1, 0.15) is 18.4 Å². The molecule has 1 atom stereocenters. The maximum atomic E-state index is 5.99. The first-order chi connectivity index (χ1) is 9.11. The maximum absolute atomic E-state index is 5.99. The molecule has 2 heterocycles. The molecule has 2 N–H and O–H groups in total. The quantitative estimate of drug-likeness (QED) is 0.818. The largest absolute Gasteiger partial charge is 0.337 e. The fraction of sp³-hybridized carbons (Fsp3) is 0.364. The normalized spacial score (nSPS) is 12.6. The summed E-state index contributed by atoms with van der Waals surface area (Å²) in [5.74, 6) is 1.84. The highest BCUT2D eigenvalue weighted by Gasteiger charge is 2.17. The minimum Gasteiger partial charge on any atom is -0.337 e. The molecule has 0 spiro atoms. The molecule has 0 aliphatic heterocycles. The van der Waals surface area contributed by atoms with Crippen LogP contribution in [0.3, 0.4) is 0 Å². The molecule has 0 radical (unpaired) electrons. The lowest BCUT2D eigenvalue weighted by molar-refractivity contribution is 0.353. The Morgan fingerprint density at radius 3 is 2.95 bits per heavy atom. The summed E-state index contributed by atoms with van der Waals surface area (Å²) in [7, 11) is 0. The summed E-state index contributed by atoms with van der Waals surface area (Å²) in [5.41, 5.74) is 6.62. The summed E-state index contributed by atoms with van der Waals surface area (Å²) in [6, 6.07) is 1.65. The highest BCUT2D eigenvalue weighted by Crippen LogP contribution is 2.27. The van der Waals surface area contributed by atoms with Crippen LogP contribution in [-0.4, -0.2) is 27.1 Å². The number of hydrogen-bond donors (Lipinski definition) is 1. The monoisotopic (exact) mass is 406 g/mol. The van der Waals surface area contributed by atoms with Gasteiger partial charge in [0.2, 0.25) is 11.7 Å². The van der Waals surface area contributed by atoms with Gasteiger partial charge in [-0.15, -0.1) is 0 Å². The van der Waals surface area contributed by atoms with Gasteiger partial charge in [-0.05, 0) is 56.4 Å². The number of pyridine rings is 1.